The molecule has 1 aliphatic carbocycles. The zero-order chi connectivity index (χ0) is 7.97. The van der Waals surface area contributed by atoms with Crippen molar-refractivity contribution in [2.75, 3.05) is 0 Å². The fraction of sp³-hybridized carbons (Fsp3) is 0.182. The summed E-state index contributed by atoms with van der Waals surface area (Å²) in [5.74, 6) is 0.436. The maximum atomic E-state index is 4.43. The summed E-state index contributed by atoms with van der Waals surface area (Å²) in [5.41, 5.74) is 2.81. The van der Waals surface area contributed by atoms with Gasteiger partial charge in [0, 0.05) is 12.1 Å². The van der Waals surface area contributed by atoms with Gasteiger partial charge in [-0.15, -0.1) is 0 Å². The van der Waals surface area contributed by atoms with Crippen LogP contribution in [-0.4, -0.2) is 6.21 Å². The van der Waals surface area contributed by atoms with Crippen molar-refractivity contribution in [3.05, 3.63) is 47.5 Å². The van der Waals surface area contributed by atoms with E-state index in [1.807, 2.05) is 6.21 Å². The topological polar surface area (TPSA) is 12.4 Å². The van der Waals surface area contributed by atoms with Gasteiger partial charge in [-0.2, -0.15) is 0 Å². The van der Waals surface area contributed by atoms with Crippen molar-refractivity contribution in [2.24, 2.45) is 4.99 Å². The molecule has 3 aliphatic rings. The number of rotatable bonds is 0. The SMILES string of the molecule is C1=CC2N=CC1c1ccccc12. The van der Waals surface area contributed by atoms with Gasteiger partial charge in [-0.05, 0) is 11.1 Å². The van der Waals surface area contributed by atoms with Crippen LogP contribution in [0.1, 0.15) is 23.1 Å². The summed E-state index contributed by atoms with van der Waals surface area (Å²) in [4.78, 5) is 4.43. The lowest BCUT2D eigenvalue weighted by atomic mass is 9.83. The van der Waals surface area contributed by atoms with Crippen LogP contribution in [0.25, 0.3) is 0 Å². The van der Waals surface area contributed by atoms with Crippen molar-refractivity contribution in [3.8, 4) is 0 Å². The Hall–Kier alpha value is -1.37. The first-order chi connectivity index (χ1) is 5.95. The minimum absolute atomic E-state index is 0.297. The largest absolute Gasteiger partial charge is 0.284 e. The average Bonchev–Trinajstić information content (AvgIpc) is 2.20. The molecule has 0 fully saturated rings. The van der Waals surface area contributed by atoms with Gasteiger partial charge in [0.05, 0.1) is 6.04 Å². The van der Waals surface area contributed by atoms with Gasteiger partial charge < -0.3 is 0 Å². The third-order valence-electron chi connectivity index (χ3n) is 2.58. The van der Waals surface area contributed by atoms with E-state index in [2.05, 4.69) is 41.4 Å². The summed E-state index contributed by atoms with van der Waals surface area (Å²) in [6.45, 7) is 0. The molecule has 0 aromatic heterocycles. The Morgan fingerprint density at radius 2 is 1.83 bits per heavy atom. The number of benzene rings is 1. The van der Waals surface area contributed by atoms with Crippen LogP contribution < -0.4 is 0 Å². The highest BCUT2D eigenvalue weighted by Crippen LogP contribution is 2.37. The summed E-state index contributed by atoms with van der Waals surface area (Å²) in [7, 11) is 0. The molecule has 58 valence electrons. The fourth-order valence-electron chi connectivity index (χ4n) is 1.96. The normalized spacial score (nSPS) is 29.0. The third kappa shape index (κ3) is 0.658. The molecular formula is C11H9N. The quantitative estimate of drug-likeness (QED) is 0.510. The average molecular weight is 155 g/mol. The van der Waals surface area contributed by atoms with E-state index in [4.69, 9.17) is 0 Å². The third-order valence-corrected chi connectivity index (χ3v) is 2.58. The standard InChI is InChI=1S/C11H9N/c1-2-4-10-9(3-1)8-5-6-11(10)12-7-8/h1-8,11H. The summed E-state index contributed by atoms with van der Waals surface area (Å²) < 4.78 is 0. The maximum Gasteiger partial charge on any atom is 0.0930 e. The first kappa shape index (κ1) is 6.18. The number of hydrogen-bond donors (Lipinski definition) is 0. The molecule has 1 aromatic rings. The number of allylic oxidation sites excluding steroid dienone is 1. The fourth-order valence-corrected chi connectivity index (χ4v) is 1.96. The molecule has 1 nitrogen and oxygen atoms in total. The minimum atomic E-state index is 0.297. The number of nitrogens with zero attached hydrogens (tertiary/aromatic N) is 1. The number of hydrogen-bond acceptors (Lipinski definition) is 1. The molecule has 1 heteroatoms. The monoisotopic (exact) mass is 155 g/mol. The zero-order valence-electron chi connectivity index (χ0n) is 6.64. The highest BCUT2D eigenvalue weighted by atomic mass is 14.8. The Kier molecular flexibility index (Phi) is 1.06. The van der Waals surface area contributed by atoms with Gasteiger partial charge >= 0.3 is 0 Å². The van der Waals surface area contributed by atoms with Crippen LogP contribution in [0.15, 0.2) is 41.4 Å². The molecular weight excluding hydrogens is 146 g/mol. The molecule has 0 N–H and O–H groups in total. The summed E-state index contributed by atoms with van der Waals surface area (Å²) in [6.07, 6.45) is 6.47. The molecule has 4 rings (SSSR count). The van der Waals surface area contributed by atoms with Crippen LogP contribution in [0, 0.1) is 0 Å². The van der Waals surface area contributed by atoms with Crippen molar-refractivity contribution < 1.29 is 0 Å². The lowest BCUT2D eigenvalue weighted by Gasteiger charge is -2.27. The van der Waals surface area contributed by atoms with Crippen molar-refractivity contribution in [1.82, 2.24) is 0 Å². The first-order valence-corrected chi connectivity index (χ1v) is 4.25. The van der Waals surface area contributed by atoms with Crippen molar-refractivity contribution in [2.45, 2.75) is 12.0 Å². The second-order valence-electron chi connectivity index (χ2n) is 3.28. The van der Waals surface area contributed by atoms with Crippen LogP contribution in [0.3, 0.4) is 0 Å². The maximum absolute atomic E-state index is 4.43. The molecule has 2 atom stereocenters. The Morgan fingerprint density at radius 1 is 1.00 bits per heavy atom. The van der Waals surface area contributed by atoms with Crippen LogP contribution in [0.5, 0.6) is 0 Å². The van der Waals surface area contributed by atoms with Gasteiger partial charge in [-0.3, -0.25) is 4.99 Å². The van der Waals surface area contributed by atoms with E-state index < -0.39 is 0 Å². The highest BCUT2D eigenvalue weighted by molar-refractivity contribution is 5.76. The Morgan fingerprint density at radius 3 is 2.50 bits per heavy atom. The number of aliphatic imine (C=N–C) groups is 1. The van der Waals surface area contributed by atoms with Gasteiger partial charge in [-0.25, -0.2) is 0 Å². The molecule has 2 aliphatic heterocycles. The lowest BCUT2D eigenvalue weighted by Crippen LogP contribution is -2.14. The Balaban J connectivity index is 2.28. The minimum Gasteiger partial charge on any atom is -0.284 e. The highest BCUT2D eigenvalue weighted by Gasteiger charge is 2.24. The van der Waals surface area contributed by atoms with Gasteiger partial charge in [0.25, 0.3) is 0 Å². The molecule has 0 radical (unpaired) electrons. The first-order valence-electron chi connectivity index (χ1n) is 4.25. The predicted molar refractivity (Wildman–Crippen MR) is 49.6 cm³/mol. The molecule has 12 heavy (non-hydrogen) atoms. The molecule has 2 bridgehead atoms. The van der Waals surface area contributed by atoms with Crippen LogP contribution in [0.2, 0.25) is 0 Å². The molecule has 2 unspecified atom stereocenters. The van der Waals surface area contributed by atoms with Gasteiger partial charge in [0.15, 0.2) is 0 Å². The van der Waals surface area contributed by atoms with Crippen LogP contribution in [0.4, 0.5) is 0 Å². The van der Waals surface area contributed by atoms with E-state index in [-0.39, 0.29) is 0 Å². The molecule has 0 saturated carbocycles. The number of dihydropyridines is 1. The van der Waals surface area contributed by atoms with Gasteiger partial charge in [0.2, 0.25) is 0 Å². The lowest BCUT2D eigenvalue weighted by molar-refractivity contribution is 0.815. The second kappa shape index (κ2) is 2.07. The second-order valence-corrected chi connectivity index (χ2v) is 3.28. The van der Waals surface area contributed by atoms with E-state index in [0.717, 1.165) is 0 Å². The van der Waals surface area contributed by atoms with Gasteiger partial charge in [-0.1, -0.05) is 36.4 Å². The van der Waals surface area contributed by atoms with E-state index >= 15 is 0 Å². The molecule has 0 saturated heterocycles. The summed E-state index contributed by atoms with van der Waals surface area (Å²) in [5, 5.41) is 0. The van der Waals surface area contributed by atoms with Gasteiger partial charge in [0.1, 0.15) is 0 Å². The summed E-state index contributed by atoms with van der Waals surface area (Å²) >= 11 is 0. The van der Waals surface area contributed by atoms with Crippen molar-refractivity contribution >= 4 is 6.21 Å². The molecule has 0 spiro atoms. The van der Waals surface area contributed by atoms with E-state index in [1.165, 1.54) is 11.1 Å². The predicted octanol–water partition coefficient (Wildman–Crippen LogP) is 2.47. The molecule has 1 aromatic carbocycles. The van der Waals surface area contributed by atoms with Crippen molar-refractivity contribution in [3.63, 3.8) is 0 Å². The smallest absolute Gasteiger partial charge is 0.0930 e. The van der Waals surface area contributed by atoms with E-state index in [9.17, 15) is 0 Å². The Bertz CT molecular complexity index is 327. The Labute approximate surface area is 71.5 Å². The molecule has 0 amide bonds. The van der Waals surface area contributed by atoms with Crippen molar-refractivity contribution in [1.29, 1.82) is 0 Å². The van der Waals surface area contributed by atoms with Crippen LogP contribution >= 0.6 is 0 Å². The zero-order valence-corrected chi connectivity index (χ0v) is 6.64. The van der Waals surface area contributed by atoms with E-state index in [1.54, 1.807) is 0 Å². The van der Waals surface area contributed by atoms with E-state index in [0.29, 0.717) is 12.0 Å². The summed E-state index contributed by atoms with van der Waals surface area (Å²) in [6, 6.07) is 8.85. The molecule has 2 heterocycles. The van der Waals surface area contributed by atoms with Crippen LogP contribution in [-0.2, 0) is 0 Å².